The average Bonchev–Trinajstić information content (AvgIpc) is 3.06. The number of nitrogens with zero attached hydrogens (tertiary/aromatic N) is 4. The third kappa shape index (κ3) is 3.70. The van der Waals surface area contributed by atoms with Gasteiger partial charge in [0.05, 0.1) is 6.33 Å². The largest absolute Gasteiger partial charge is 0.353 e. The van der Waals surface area contributed by atoms with E-state index in [0.29, 0.717) is 42.4 Å². The molecular weight excluding hydrogens is 346 g/mol. The van der Waals surface area contributed by atoms with E-state index in [2.05, 4.69) is 24.1 Å². The molecule has 8 nitrogen and oxygen atoms in total. The van der Waals surface area contributed by atoms with Crippen molar-refractivity contribution in [2.45, 2.75) is 58.5 Å². The van der Waals surface area contributed by atoms with Gasteiger partial charge in [-0.05, 0) is 24.7 Å². The van der Waals surface area contributed by atoms with E-state index in [1.54, 1.807) is 17.9 Å². The standard InChI is InChI=1S/C19H29N5O3/c1-12-7-5-8-14(13(12)2)21-15(25)9-6-10-24-11-20-17-16(24)18(26)23(4)19(27)22(17)3/h11-14H,5-10H2,1-4H3,(H,21,25). The van der Waals surface area contributed by atoms with E-state index in [0.717, 1.165) is 11.0 Å². The molecule has 0 bridgehead atoms. The lowest BCUT2D eigenvalue weighted by atomic mass is 9.78. The highest BCUT2D eigenvalue weighted by atomic mass is 16.2. The molecule has 2 aromatic rings. The Morgan fingerprint density at radius 1 is 1.22 bits per heavy atom. The number of aromatic nitrogens is 4. The normalized spacial score (nSPS) is 22.9. The number of hydrogen-bond donors (Lipinski definition) is 1. The Balaban J connectivity index is 1.63. The zero-order chi connectivity index (χ0) is 19.7. The molecule has 1 N–H and O–H groups in total. The van der Waals surface area contributed by atoms with Crippen LogP contribution in [0.1, 0.15) is 46.0 Å². The fourth-order valence-electron chi connectivity index (χ4n) is 4.04. The van der Waals surface area contributed by atoms with Gasteiger partial charge in [-0.3, -0.25) is 18.7 Å². The van der Waals surface area contributed by atoms with E-state index in [9.17, 15) is 14.4 Å². The number of aryl methyl sites for hydroxylation is 2. The molecule has 0 aromatic carbocycles. The molecule has 1 saturated carbocycles. The summed E-state index contributed by atoms with van der Waals surface area (Å²) in [6.07, 6.45) is 6.03. The van der Waals surface area contributed by atoms with Crippen molar-refractivity contribution in [1.82, 2.24) is 24.0 Å². The number of carbonyl (C=O) groups excluding carboxylic acids is 1. The van der Waals surface area contributed by atoms with Crippen LogP contribution in [0.4, 0.5) is 0 Å². The first kappa shape index (κ1) is 19.4. The zero-order valence-corrected chi connectivity index (χ0v) is 16.6. The molecule has 3 unspecified atom stereocenters. The number of fused-ring (bicyclic) bond motifs is 1. The van der Waals surface area contributed by atoms with E-state index >= 15 is 0 Å². The molecule has 0 aliphatic heterocycles. The number of rotatable bonds is 5. The Labute approximate surface area is 158 Å². The summed E-state index contributed by atoms with van der Waals surface area (Å²) in [6, 6.07) is 0.261. The molecule has 8 heteroatoms. The maximum atomic E-state index is 12.4. The summed E-state index contributed by atoms with van der Waals surface area (Å²) < 4.78 is 4.18. The van der Waals surface area contributed by atoms with Gasteiger partial charge in [-0.2, -0.15) is 0 Å². The number of nitrogens with one attached hydrogen (secondary N) is 1. The molecule has 1 aliphatic carbocycles. The van der Waals surface area contributed by atoms with Crippen LogP contribution < -0.4 is 16.6 Å². The quantitative estimate of drug-likeness (QED) is 0.849. The highest BCUT2D eigenvalue weighted by Crippen LogP contribution is 2.29. The molecule has 2 heterocycles. The van der Waals surface area contributed by atoms with Gasteiger partial charge in [-0.15, -0.1) is 0 Å². The van der Waals surface area contributed by atoms with Gasteiger partial charge in [0.2, 0.25) is 5.91 Å². The second-order valence-corrected chi connectivity index (χ2v) is 7.86. The van der Waals surface area contributed by atoms with Crippen molar-refractivity contribution in [3.8, 4) is 0 Å². The van der Waals surface area contributed by atoms with Gasteiger partial charge in [0, 0.05) is 33.1 Å². The molecule has 3 rings (SSSR count). The Kier molecular flexibility index (Phi) is 5.53. The van der Waals surface area contributed by atoms with Gasteiger partial charge in [0.1, 0.15) is 0 Å². The SMILES string of the molecule is CC1CCCC(NC(=O)CCCn2cnc3c2c(=O)n(C)c(=O)n3C)C1C. The van der Waals surface area contributed by atoms with E-state index in [4.69, 9.17) is 0 Å². The van der Waals surface area contributed by atoms with Crippen LogP contribution >= 0.6 is 0 Å². The number of amides is 1. The molecule has 0 spiro atoms. The maximum absolute atomic E-state index is 12.4. The van der Waals surface area contributed by atoms with Gasteiger partial charge < -0.3 is 9.88 Å². The minimum atomic E-state index is -0.395. The number of imidazole rings is 1. The summed E-state index contributed by atoms with van der Waals surface area (Å²) >= 11 is 0. The fraction of sp³-hybridized carbons (Fsp3) is 0.684. The van der Waals surface area contributed by atoms with Crippen LogP contribution in [-0.4, -0.2) is 30.6 Å². The fourth-order valence-corrected chi connectivity index (χ4v) is 4.04. The summed E-state index contributed by atoms with van der Waals surface area (Å²) in [6.45, 7) is 4.97. The van der Waals surface area contributed by atoms with Crippen molar-refractivity contribution >= 4 is 17.1 Å². The minimum Gasteiger partial charge on any atom is -0.353 e. The molecule has 1 amide bonds. The van der Waals surface area contributed by atoms with Crippen molar-refractivity contribution in [3.05, 3.63) is 27.2 Å². The van der Waals surface area contributed by atoms with Gasteiger partial charge in [0.15, 0.2) is 11.2 Å². The molecule has 2 aromatic heterocycles. The van der Waals surface area contributed by atoms with E-state index in [1.165, 1.54) is 24.5 Å². The predicted molar refractivity (Wildman–Crippen MR) is 104 cm³/mol. The van der Waals surface area contributed by atoms with E-state index in [1.807, 2.05) is 0 Å². The van der Waals surface area contributed by atoms with E-state index in [-0.39, 0.29) is 17.5 Å². The van der Waals surface area contributed by atoms with Gasteiger partial charge in [-0.1, -0.05) is 26.7 Å². The van der Waals surface area contributed by atoms with Crippen LogP contribution in [0.15, 0.2) is 15.9 Å². The van der Waals surface area contributed by atoms with Crippen molar-refractivity contribution in [2.75, 3.05) is 0 Å². The summed E-state index contributed by atoms with van der Waals surface area (Å²) in [5.41, 5.74) is 0.0142. The third-order valence-corrected chi connectivity index (χ3v) is 6.07. The Morgan fingerprint density at radius 2 is 1.96 bits per heavy atom. The molecule has 1 aliphatic rings. The first-order chi connectivity index (χ1) is 12.8. The zero-order valence-electron chi connectivity index (χ0n) is 16.6. The summed E-state index contributed by atoms with van der Waals surface area (Å²) in [5.74, 6) is 1.21. The molecule has 3 atom stereocenters. The lowest BCUT2D eigenvalue weighted by Gasteiger charge is -2.34. The highest BCUT2D eigenvalue weighted by molar-refractivity contribution is 5.76. The topological polar surface area (TPSA) is 90.9 Å². The van der Waals surface area contributed by atoms with Crippen molar-refractivity contribution in [3.63, 3.8) is 0 Å². The van der Waals surface area contributed by atoms with Crippen molar-refractivity contribution in [1.29, 1.82) is 0 Å². The smallest absolute Gasteiger partial charge is 0.332 e. The molecule has 0 radical (unpaired) electrons. The second kappa shape index (κ2) is 7.70. The lowest BCUT2D eigenvalue weighted by Crippen LogP contribution is -2.43. The summed E-state index contributed by atoms with van der Waals surface area (Å²) in [5, 5.41) is 3.18. The molecule has 0 saturated heterocycles. The molecule has 1 fully saturated rings. The molecule has 148 valence electrons. The molecule has 27 heavy (non-hydrogen) atoms. The summed E-state index contributed by atoms with van der Waals surface area (Å²) in [4.78, 5) is 40.9. The monoisotopic (exact) mass is 375 g/mol. The van der Waals surface area contributed by atoms with Crippen molar-refractivity contribution < 1.29 is 4.79 Å². The highest BCUT2D eigenvalue weighted by Gasteiger charge is 2.27. The minimum absolute atomic E-state index is 0.0608. The predicted octanol–water partition coefficient (Wildman–Crippen LogP) is 1.15. The van der Waals surface area contributed by atoms with Crippen LogP contribution in [0.5, 0.6) is 0 Å². The first-order valence-corrected chi connectivity index (χ1v) is 9.71. The van der Waals surface area contributed by atoms with Crippen LogP contribution in [0, 0.1) is 11.8 Å². The second-order valence-electron chi connectivity index (χ2n) is 7.86. The third-order valence-electron chi connectivity index (χ3n) is 6.07. The van der Waals surface area contributed by atoms with Crippen molar-refractivity contribution in [2.24, 2.45) is 25.9 Å². The Bertz CT molecular complexity index is 955. The Hall–Kier alpha value is -2.38. The first-order valence-electron chi connectivity index (χ1n) is 9.71. The molecular formula is C19H29N5O3. The van der Waals surface area contributed by atoms with Gasteiger partial charge >= 0.3 is 5.69 Å². The maximum Gasteiger partial charge on any atom is 0.332 e. The van der Waals surface area contributed by atoms with Crippen LogP contribution in [0.2, 0.25) is 0 Å². The number of hydrogen-bond acceptors (Lipinski definition) is 4. The Morgan fingerprint density at radius 3 is 2.70 bits per heavy atom. The van der Waals surface area contributed by atoms with Gasteiger partial charge in [0.25, 0.3) is 5.56 Å². The van der Waals surface area contributed by atoms with Crippen LogP contribution in [-0.2, 0) is 25.4 Å². The van der Waals surface area contributed by atoms with Gasteiger partial charge in [-0.25, -0.2) is 9.78 Å². The summed E-state index contributed by atoms with van der Waals surface area (Å²) in [7, 11) is 3.06. The lowest BCUT2D eigenvalue weighted by molar-refractivity contribution is -0.122. The van der Waals surface area contributed by atoms with Crippen LogP contribution in [0.3, 0.4) is 0 Å². The van der Waals surface area contributed by atoms with E-state index < -0.39 is 5.69 Å². The number of carbonyl (C=O) groups is 1. The average molecular weight is 375 g/mol. The van der Waals surface area contributed by atoms with Crippen LogP contribution in [0.25, 0.3) is 11.2 Å².